The predicted octanol–water partition coefficient (Wildman–Crippen LogP) is 7.98. The van der Waals surface area contributed by atoms with Crippen LogP contribution in [-0.4, -0.2) is 19.4 Å². The maximum atomic E-state index is 11.2. The molecule has 0 saturated heterocycles. The van der Waals surface area contributed by atoms with E-state index in [0.29, 0.717) is 19.6 Å². The van der Waals surface area contributed by atoms with Crippen molar-refractivity contribution in [2.45, 2.75) is 116 Å². The van der Waals surface area contributed by atoms with Gasteiger partial charge in [0.25, 0.3) is 0 Å². The Morgan fingerprint density at radius 2 is 1.04 bits per heavy atom. The van der Waals surface area contributed by atoms with Gasteiger partial charge in [-0.15, -0.1) is 6.58 Å². The molecule has 0 saturated carbocycles. The average molecular weight is 369 g/mol. The largest absolute Gasteiger partial charge is 0.508 e. The van der Waals surface area contributed by atoms with Crippen LogP contribution in [0.5, 0.6) is 0 Å². The van der Waals surface area contributed by atoms with Gasteiger partial charge in [0.2, 0.25) is 0 Å². The monoisotopic (exact) mass is 368 g/mol. The second-order valence-corrected chi connectivity index (χ2v) is 7.33. The van der Waals surface area contributed by atoms with Gasteiger partial charge in [-0.3, -0.25) is 0 Å². The van der Waals surface area contributed by atoms with E-state index in [9.17, 15) is 4.79 Å². The molecule has 26 heavy (non-hydrogen) atoms. The van der Waals surface area contributed by atoms with Crippen molar-refractivity contribution in [3.05, 3.63) is 12.7 Å². The highest BCUT2D eigenvalue weighted by Gasteiger charge is 2.02. The number of hydrogen-bond donors (Lipinski definition) is 0. The molecule has 0 aromatic rings. The fourth-order valence-corrected chi connectivity index (χ4v) is 3.07. The van der Waals surface area contributed by atoms with Crippen LogP contribution in [-0.2, 0) is 9.47 Å². The van der Waals surface area contributed by atoms with E-state index in [4.69, 9.17) is 9.47 Å². The zero-order valence-corrected chi connectivity index (χ0v) is 17.4. The molecular weight excluding hydrogens is 324 g/mol. The van der Waals surface area contributed by atoms with E-state index in [1.807, 2.05) is 0 Å². The van der Waals surface area contributed by atoms with Gasteiger partial charge in [-0.25, -0.2) is 4.79 Å². The van der Waals surface area contributed by atoms with Gasteiger partial charge in [0.05, 0.1) is 13.2 Å². The number of hydrogen-bond acceptors (Lipinski definition) is 3. The van der Waals surface area contributed by atoms with Gasteiger partial charge in [0.15, 0.2) is 0 Å². The van der Waals surface area contributed by atoms with E-state index in [1.54, 1.807) is 6.08 Å². The first kappa shape index (κ1) is 25.0. The van der Waals surface area contributed by atoms with Gasteiger partial charge in [0.1, 0.15) is 0 Å². The van der Waals surface area contributed by atoms with Gasteiger partial charge in [-0.2, -0.15) is 0 Å². The van der Waals surface area contributed by atoms with E-state index in [2.05, 4.69) is 13.5 Å². The van der Waals surface area contributed by atoms with Crippen molar-refractivity contribution in [1.29, 1.82) is 0 Å². The van der Waals surface area contributed by atoms with E-state index in [-0.39, 0.29) is 0 Å². The number of carbonyl (C=O) groups is 1. The van der Waals surface area contributed by atoms with Crippen molar-refractivity contribution in [1.82, 2.24) is 0 Å². The topological polar surface area (TPSA) is 35.5 Å². The van der Waals surface area contributed by atoms with Gasteiger partial charge >= 0.3 is 6.16 Å². The number of carbonyl (C=O) groups excluding carboxylic acids is 1. The van der Waals surface area contributed by atoms with Gasteiger partial charge in [0, 0.05) is 0 Å². The molecule has 0 aromatic carbocycles. The molecule has 0 bridgehead atoms. The summed E-state index contributed by atoms with van der Waals surface area (Å²) in [7, 11) is 0. The summed E-state index contributed by atoms with van der Waals surface area (Å²) >= 11 is 0. The smallest absolute Gasteiger partial charge is 0.434 e. The summed E-state index contributed by atoms with van der Waals surface area (Å²) in [4.78, 5) is 11.2. The molecule has 0 fully saturated rings. The second kappa shape index (κ2) is 22.1. The lowest BCUT2D eigenvalue weighted by Gasteiger charge is -2.05. The molecule has 0 radical (unpaired) electrons. The number of unbranched alkanes of at least 4 members (excludes halogenated alkanes) is 15. The Labute approximate surface area is 162 Å². The summed E-state index contributed by atoms with van der Waals surface area (Å²) in [5.74, 6) is 0. The highest BCUT2D eigenvalue weighted by molar-refractivity contribution is 5.59. The lowest BCUT2D eigenvalue weighted by Crippen LogP contribution is -2.09. The molecule has 0 aliphatic carbocycles. The molecule has 0 aliphatic rings. The third-order valence-corrected chi connectivity index (χ3v) is 4.76. The molecule has 0 aromatic heterocycles. The van der Waals surface area contributed by atoms with Crippen LogP contribution in [0.15, 0.2) is 12.7 Å². The minimum Gasteiger partial charge on any atom is -0.434 e. The van der Waals surface area contributed by atoms with Crippen LogP contribution in [0.4, 0.5) is 4.79 Å². The van der Waals surface area contributed by atoms with Crippen molar-refractivity contribution >= 4 is 6.16 Å². The maximum Gasteiger partial charge on any atom is 0.508 e. The Morgan fingerprint density at radius 3 is 1.46 bits per heavy atom. The lowest BCUT2D eigenvalue weighted by atomic mass is 10.0. The molecular formula is C23H44O3. The SMILES string of the molecule is C=CCCOC(=O)OCCCCCCCCCCCCCCCCCC. The summed E-state index contributed by atoms with van der Waals surface area (Å²) in [5.41, 5.74) is 0. The van der Waals surface area contributed by atoms with Crippen LogP contribution in [0.3, 0.4) is 0 Å². The zero-order valence-electron chi connectivity index (χ0n) is 17.4. The highest BCUT2D eigenvalue weighted by atomic mass is 16.7. The second-order valence-electron chi connectivity index (χ2n) is 7.33. The van der Waals surface area contributed by atoms with Crippen LogP contribution in [0, 0.1) is 0 Å². The van der Waals surface area contributed by atoms with Gasteiger partial charge in [-0.05, 0) is 12.8 Å². The van der Waals surface area contributed by atoms with Crippen molar-refractivity contribution in [2.24, 2.45) is 0 Å². The van der Waals surface area contributed by atoms with Crippen molar-refractivity contribution in [3.63, 3.8) is 0 Å². The average Bonchev–Trinajstić information content (AvgIpc) is 2.64. The number of rotatable bonds is 20. The molecule has 0 aliphatic heterocycles. The fraction of sp³-hybridized carbons (Fsp3) is 0.870. The summed E-state index contributed by atoms with van der Waals surface area (Å²) in [5, 5.41) is 0. The van der Waals surface area contributed by atoms with E-state index in [0.717, 1.165) is 12.8 Å². The first-order chi connectivity index (χ1) is 12.8. The van der Waals surface area contributed by atoms with Crippen molar-refractivity contribution in [3.8, 4) is 0 Å². The van der Waals surface area contributed by atoms with E-state index in [1.165, 1.54) is 89.9 Å². The maximum absolute atomic E-state index is 11.2. The van der Waals surface area contributed by atoms with Crippen LogP contribution < -0.4 is 0 Å². The minimum atomic E-state index is -0.548. The van der Waals surface area contributed by atoms with Crippen LogP contribution in [0.25, 0.3) is 0 Å². The van der Waals surface area contributed by atoms with Crippen LogP contribution in [0.1, 0.15) is 116 Å². The third-order valence-electron chi connectivity index (χ3n) is 4.76. The Hall–Kier alpha value is -0.990. The fourth-order valence-electron chi connectivity index (χ4n) is 3.07. The van der Waals surface area contributed by atoms with Gasteiger partial charge < -0.3 is 9.47 Å². The summed E-state index contributed by atoms with van der Waals surface area (Å²) < 4.78 is 9.89. The molecule has 0 heterocycles. The van der Waals surface area contributed by atoms with Crippen molar-refractivity contribution < 1.29 is 14.3 Å². The Balaban J connectivity index is 3.07. The summed E-state index contributed by atoms with van der Waals surface area (Å²) in [6.45, 7) is 6.69. The molecule has 154 valence electrons. The van der Waals surface area contributed by atoms with Crippen LogP contribution >= 0.6 is 0 Å². The number of ether oxygens (including phenoxy) is 2. The zero-order chi connectivity index (χ0) is 19.1. The Kier molecular flexibility index (Phi) is 21.2. The van der Waals surface area contributed by atoms with Crippen LogP contribution in [0.2, 0.25) is 0 Å². The summed E-state index contributed by atoms with van der Waals surface area (Å²) in [6, 6.07) is 0. The Bertz CT molecular complexity index is 302. The quantitative estimate of drug-likeness (QED) is 0.124. The van der Waals surface area contributed by atoms with E-state index < -0.39 is 6.16 Å². The molecule has 0 rings (SSSR count). The van der Waals surface area contributed by atoms with Crippen molar-refractivity contribution in [2.75, 3.05) is 13.2 Å². The Morgan fingerprint density at radius 1 is 0.654 bits per heavy atom. The molecule has 3 heteroatoms. The molecule has 0 N–H and O–H groups in total. The van der Waals surface area contributed by atoms with E-state index >= 15 is 0 Å². The standard InChI is InChI=1S/C23H44O3/c1-3-5-7-8-9-10-11-12-13-14-15-16-17-18-19-20-22-26-23(24)25-21-6-4-2/h4H,2-3,5-22H2,1H3. The molecule has 0 unspecified atom stereocenters. The molecule has 3 nitrogen and oxygen atoms in total. The summed E-state index contributed by atoms with van der Waals surface area (Å²) in [6.07, 6.45) is 23.4. The molecule has 0 atom stereocenters. The highest BCUT2D eigenvalue weighted by Crippen LogP contribution is 2.13. The molecule has 0 spiro atoms. The normalized spacial score (nSPS) is 10.7. The molecule has 0 amide bonds. The third kappa shape index (κ3) is 21.1. The van der Waals surface area contributed by atoms with Gasteiger partial charge in [-0.1, -0.05) is 109 Å². The first-order valence-corrected chi connectivity index (χ1v) is 11.2. The minimum absolute atomic E-state index is 0.362. The lowest BCUT2D eigenvalue weighted by molar-refractivity contribution is 0.0553. The first-order valence-electron chi connectivity index (χ1n) is 11.2. The predicted molar refractivity (Wildman–Crippen MR) is 112 cm³/mol.